The first-order valence-corrected chi connectivity index (χ1v) is 11.8. The largest absolute Gasteiger partial charge is 0.492 e. The van der Waals surface area contributed by atoms with Gasteiger partial charge in [0.05, 0.1) is 23.7 Å². The zero-order chi connectivity index (χ0) is 21.8. The molecule has 1 saturated heterocycles. The summed E-state index contributed by atoms with van der Waals surface area (Å²) in [5.74, 6) is -0.0512. The summed E-state index contributed by atoms with van der Waals surface area (Å²) in [5.41, 5.74) is 1.04. The smallest absolute Gasteiger partial charge is 0.245 e. The van der Waals surface area contributed by atoms with Gasteiger partial charge in [0.2, 0.25) is 15.9 Å². The normalized spacial score (nSPS) is 17.4. The quantitative estimate of drug-likeness (QED) is 0.633. The molecule has 1 aliphatic heterocycles. The fourth-order valence-electron chi connectivity index (χ4n) is 3.88. The monoisotopic (exact) mass is 439 g/mol. The number of carbonyl (C=O) groups is 1. The van der Waals surface area contributed by atoms with Crippen LogP contribution in [-0.4, -0.2) is 43.3 Å². The zero-order valence-corrected chi connectivity index (χ0v) is 18.1. The number of para-hydroxylation sites is 3. The summed E-state index contributed by atoms with van der Waals surface area (Å²) in [4.78, 5) is 17.4. The number of nitrogens with one attached hydrogen (secondary N) is 1. The molecule has 7 nitrogen and oxygen atoms in total. The highest BCUT2D eigenvalue weighted by molar-refractivity contribution is 7.89. The van der Waals surface area contributed by atoms with Gasteiger partial charge in [0.25, 0.3) is 0 Å². The van der Waals surface area contributed by atoms with Crippen LogP contribution in [0.1, 0.15) is 19.8 Å². The lowest BCUT2D eigenvalue weighted by molar-refractivity contribution is -0.120. The number of anilines is 1. The van der Waals surface area contributed by atoms with Crippen molar-refractivity contribution in [3.8, 4) is 5.75 Å². The number of hydrogen-bond donors (Lipinski definition) is 1. The molecule has 2 heterocycles. The van der Waals surface area contributed by atoms with Crippen molar-refractivity contribution in [3.63, 3.8) is 0 Å². The Morgan fingerprint density at radius 1 is 1.16 bits per heavy atom. The van der Waals surface area contributed by atoms with E-state index in [2.05, 4.69) is 10.3 Å². The number of amides is 1. The van der Waals surface area contributed by atoms with E-state index in [4.69, 9.17) is 4.74 Å². The minimum absolute atomic E-state index is 0.133. The van der Waals surface area contributed by atoms with Crippen molar-refractivity contribution in [3.05, 3.63) is 60.8 Å². The molecular formula is C23H25N3O4S. The predicted molar refractivity (Wildman–Crippen MR) is 119 cm³/mol. The lowest BCUT2D eigenvalue weighted by Crippen LogP contribution is -2.43. The molecule has 0 aliphatic carbocycles. The van der Waals surface area contributed by atoms with Crippen molar-refractivity contribution in [2.45, 2.75) is 24.7 Å². The fourth-order valence-corrected chi connectivity index (χ4v) is 5.57. The van der Waals surface area contributed by atoms with Crippen molar-refractivity contribution in [1.29, 1.82) is 0 Å². The van der Waals surface area contributed by atoms with Gasteiger partial charge in [-0.3, -0.25) is 9.78 Å². The summed E-state index contributed by atoms with van der Waals surface area (Å²) >= 11 is 0. The molecule has 0 radical (unpaired) electrons. The first-order valence-electron chi connectivity index (χ1n) is 10.4. The molecule has 0 saturated carbocycles. The number of benzene rings is 2. The second-order valence-electron chi connectivity index (χ2n) is 7.45. The van der Waals surface area contributed by atoms with Crippen LogP contribution in [0, 0.1) is 5.92 Å². The predicted octanol–water partition coefficient (Wildman–Crippen LogP) is 3.67. The molecule has 8 heteroatoms. The van der Waals surface area contributed by atoms with Gasteiger partial charge in [-0.2, -0.15) is 4.31 Å². The maximum atomic E-state index is 13.4. The third-order valence-corrected chi connectivity index (χ3v) is 7.31. The highest BCUT2D eigenvalue weighted by Gasteiger charge is 2.34. The van der Waals surface area contributed by atoms with E-state index in [1.54, 1.807) is 36.5 Å². The van der Waals surface area contributed by atoms with E-state index in [1.165, 1.54) is 4.31 Å². The van der Waals surface area contributed by atoms with Crippen LogP contribution in [0.25, 0.3) is 10.9 Å². The van der Waals surface area contributed by atoms with Gasteiger partial charge >= 0.3 is 0 Å². The van der Waals surface area contributed by atoms with Crippen LogP contribution in [0.5, 0.6) is 5.75 Å². The molecule has 2 aromatic carbocycles. The van der Waals surface area contributed by atoms with Crippen molar-refractivity contribution in [2.75, 3.05) is 25.0 Å². The van der Waals surface area contributed by atoms with E-state index in [1.807, 2.05) is 31.2 Å². The number of nitrogens with zero attached hydrogens (tertiary/aromatic N) is 2. The van der Waals surface area contributed by atoms with Crippen molar-refractivity contribution >= 4 is 32.5 Å². The number of carbonyl (C=O) groups excluding carboxylic acids is 1. The van der Waals surface area contributed by atoms with Gasteiger partial charge in [0.1, 0.15) is 10.6 Å². The Morgan fingerprint density at radius 2 is 1.97 bits per heavy atom. The Balaban J connectivity index is 1.55. The zero-order valence-electron chi connectivity index (χ0n) is 17.3. The summed E-state index contributed by atoms with van der Waals surface area (Å²) in [5, 5.41) is 3.67. The van der Waals surface area contributed by atoms with E-state index in [0.717, 1.165) is 5.39 Å². The van der Waals surface area contributed by atoms with Crippen LogP contribution in [0.2, 0.25) is 0 Å². The number of hydrogen-bond acceptors (Lipinski definition) is 5. The van der Waals surface area contributed by atoms with Crippen molar-refractivity contribution in [1.82, 2.24) is 9.29 Å². The molecule has 0 unspecified atom stereocenters. The first-order chi connectivity index (χ1) is 15.0. The molecule has 31 heavy (non-hydrogen) atoms. The Morgan fingerprint density at radius 3 is 2.81 bits per heavy atom. The molecule has 1 aliphatic rings. The van der Waals surface area contributed by atoms with Crippen molar-refractivity contribution in [2.24, 2.45) is 5.92 Å². The molecule has 1 aromatic heterocycles. The van der Waals surface area contributed by atoms with Crippen LogP contribution >= 0.6 is 0 Å². The number of ether oxygens (including phenoxy) is 1. The molecule has 3 aromatic rings. The topological polar surface area (TPSA) is 88.6 Å². The molecule has 1 atom stereocenters. The third kappa shape index (κ3) is 4.40. The second kappa shape index (κ2) is 9.03. The van der Waals surface area contributed by atoms with Crippen LogP contribution in [0.3, 0.4) is 0 Å². The second-order valence-corrected chi connectivity index (χ2v) is 9.36. The summed E-state index contributed by atoms with van der Waals surface area (Å²) in [6.07, 6.45) is 2.83. The maximum Gasteiger partial charge on any atom is 0.245 e. The van der Waals surface area contributed by atoms with Crippen LogP contribution in [0.15, 0.2) is 65.7 Å². The van der Waals surface area contributed by atoms with Crippen LogP contribution < -0.4 is 10.1 Å². The molecule has 0 spiro atoms. The lowest BCUT2D eigenvalue weighted by atomic mass is 9.98. The Labute approximate surface area is 182 Å². The molecule has 1 N–H and O–H groups in total. The average Bonchev–Trinajstić information content (AvgIpc) is 2.80. The van der Waals surface area contributed by atoms with Gasteiger partial charge in [-0.05, 0) is 44.0 Å². The Hall–Kier alpha value is -2.97. The standard InChI is InChI=1S/C23H25N3O4S/c1-2-30-20-12-4-3-11-19(20)25-23(27)18-10-7-15-26(16-18)31(28,29)21-13-5-8-17-9-6-14-24-22(17)21/h3-6,8-9,11-14,18H,2,7,10,15-16H2,1H3,(H,25,27)/t18-/m1/s1. The third-order valence-electron chi connectivity index (χ3n) is 5.41. The van der Waals surface area contributed by atoms with Crippen LogP contribution in [-0.2, 0) is 14.8 Å². The number of rotatable bonds is 6. The summed E-state index contributed by atoms with van der Waals surface area (Å²) in [6, 6.07) is 16.0. The molecule has 162 valence electrons. The summed E-state index contributed by atoms with van der Waals surface area (Å²) in [7, 11) is -3.78. The highest BCUT2D eigenvalue weighted by atomic mass is 32.2. The van der Waals surface area contributed by atoms with E-state index in [9.17, 15) is 13.2 Å². The maximum absolute atomic E-state index is 13.4. The number of sulfonamides is 1. The van der Waals surface area contributed by atoms with E-state index < -0.39 is 15.9 Å². The Bertz CT molecular complexity index is 1190. The molecule has 1 amide bonds. The lowest BCUT2D eigenvalue weighted by Gasteiger charge is -2.31. The van der Waals surface area contributed by atoms with Gasteiger partial charge < -0.3 is 10.1 Å². The van der Waals surface area contributed by atoms with Gasteiger partial charge in [-0.25, -0.2) is 8.42 Å². The van der Waals surface area contributed by atoms with Crippen LogP contribution in [0.4, 0.5) is 5.69 Å². The SMILES string of the molecule is CCOc1ccccc1NC(=O)[C@@H]1CCCN(S(=O)(=O)c2cccc3cccnc23)C1. The molecule has 4 rings (SSSR count). The van der Waals surface area contributed by atoms with E-state index in [-0.39, 0.29) is 17.3 Å². The van der Waals surface area contributed by atoms with Gasteiger partial charge in [0.15, 0.2) is 0 Å². The Kier molecular flexibility index (Phi) is 6.20. The minimum atomic E-state index is -3.78. The number of piperidine rings is 1. The van der Waals surface area contributed by atoms with Gasteiger partial charge in [-0.1, -0.05) is 30.3 Å². The number of fused-ring (bicyclic) bond motifs is 1. The highest BCUT2D eigenvalue weighted by Crippen LogP contribution is 2.29. The minimum Gasteiger partial charge on any atom is -0.492 e. The first kappa shape index (κ1) is 21.3. The summed E-state index contributed by atoms with van der Waals surface area (Å²) in [6.45, 7) is 2.88. The van der Waals surface area contributed by atoms with Gasteiger partial charge in [0, 0.05) is 24.7 Å². The average molecular weight is 440 g/mol. The van der Waals surface area contributed by atoms with Crippen molar-refractivity contribution < 1.29 is 17.9 Å². The number of pyridine rings is 1. The molecule has 0 bridgehead atoms. The van der Waals surface area contributed by atoms with E-state index >= 15 is 0 Å². The number of aromatic nitrogens is 1. The van der Waals surface area contributed by atoms with E-state index in [0.29, 0.717) is 42.9 Å². The summed E-state index contributed by atoms with van der Waals surface area (Å²) < 4.78 is 33.8. The molecule has 1 fully saturated rings. The molecular weight excluding hydrogens is 414 g/mol. The fraction of sp³-hybridized carbons (Fsp3) is 0.304. The van der Waals surface area contributed by atoms with Gasteiger partial charge in [-0.15, -0.1) is 0 Å².